The number of nitrogens with one attached hydrogen (secondary N) is 1. The van der Waals surface area contributed by atoms with Crippen molar-refractivity contribution in [1.82, 2.24) is 20.2 Å². The number of rotatable bonds is 5. The van der Waals surface area contributed by atoms with Crippen LogP contribution in [-0.4, -0.2) is 26.1 Å². The summed E-state index contributed by atoms with van der Waals surface area (Å²) >= 11 is 0. The second kappa shape index (κ2) is 7.71. The summed E-state index contributed by atoms with van der Waals surface area (Å²) < 4.78 is 6.92. The number of amides is 1. The van der Waals surface area contributed by atoms with Gasteiger partial charge in [0.2, 0.25) is 5.88 Å². The van der Waals surface area contributed by atoms with Crippen LogP contribution in [0.4, 0.5) is 5.88 Å². The second-order valence-electron chi connectivity index (χ2n) is 6.86. The molecule has 0 bridgehead atoms. The lowest BCUT2D eigenvalue weighted by Gasteiger charge is -2.04. The Balaban J connectivity index is 1.52. The van der Waals surface area contributed by atoms with Crippen LogP contribution in [0.2, 0.25) is 0 Å². The van der Waals surface area contributed by atoms with Crippen molar-refractivity contribution in [2.75, 3.05) is 5.32 Å². The number of anilines is 1. The maximum Gasteiger partial charge on any atom is 0.280 e. The van der Waals surface area contributed by atoms with E-state index in [4.69, 9.17) is 4.52 Å². The van der Waals surface area contributed by atoms with Crippen molar-refractivity contribution >= 4 is 11.8 Å². The highest BCUT2D eigenvalue weighted by Crippen LogP contribution is 2.23. The first-order valence-electron chi connectivity index (χ1n) is 9.42. The van der Waals surface area contributed by atoms with Crippen LogP contribution in [0, 0.1) is 13.8 Å². The highest BCUT2D eigenvalue weighted by atomic mass is 16.5. The summed E-state index contributed by atoms with van der Waals surface area (Å²) in [6, 6.07) is 17.6. The number of carbonyl (C=O) groups is 1. The molecule has 1 amide bonds. The van der Waals surface area contributed by atoms with E-state index in [-0.39, 0.29) is 11.6 Å². The minimum Gasteiger partial charge on any atom is -0.338 e. The molecule has 146 valence electrons. The number of hydrogen-bond donors (Lipinski definition) is 1. The van der Waals surface area contributed by atoms with Crippen LogP contribution in [0.1, 0.15) is 34.2 Å². The van der Waals surface area contributed by atoms with Gasteiger partial charge in [0.1, 0.15) is 5.69 Å². The third-order valence-electron chi connectivity index (χ3n) is 4.76. The summed E-state index contributed by atoms with van der Waals surface area (Å²) in [4.78, 5) is 12.7. The van der Waals surface area contributed by atoms with E-state index in [0.29, 0.717) is 11.4 Å². The smallest absolute Gasteiger partial charge is 0.280 e. The molecule has 0 saturated heterocycles. The molecule has 0 fully saturated rings. The number of aromatic nitrogens is 4. The van der Waals surface area contributed by atoms with Gasteiger partial charge in [-0.3, -0.25) is 10.1 Å². The van der Waals surface area contributed by atoms with E-state index < -0.39 is 5.91 Å². The van der Waals surface area contributed by atoms with Crippen LogP contribution in [0.3, 0.4) is 0 Å². The molecule has 0 radical (unpaired) electrons. The van der Waals surface area contributed by atoms with Crippen LogP contribution >= 0.6 is 0 Å². The molecular weight excluding hydrogens is 366 g/mol. The summed E-state index contributed by atoms with van der Waals surface area (Å²) in [5.41, 5.74) is 5.66. The molecule has 7 heteroatoms. The van der Waals surface area contributed by atoms with Crippen molar-refractivity contribution in [2.45, 2.75) is 27.2 Å². The van der Waals surface area contributed by atoms with Crippen molar-refractivity contribution in [3.8, 4) is 16.9 Å². The van der Waals surface area contributed by atoms with Gasteiger partial charge < -0.3 is 4.52 Å². The topological polar surface area (TPSA) is 85.8 Å². The zero-order valence-corrected chi connectivity index (χ0v) is 16.5. The molecule has 2 aromatic carbocycles. The van der Waals surface area contributed by atoms with E-state index in [1.807, 2.05) is 43.3 Å². The Morgan fingerprint density at radius 2 is 1.90 bits per heavy atom. The van der Waals surface area contributed by atoms with Crippen LogP contribution in [-0.2, 0) is 6.42 Å². The van der Waals surface area contributed by atoms with Gasteiger partial charge >= 0.3 is 0 Å². The van der Waals surface area contributed by atoms with Crippen molar-refractivity contribution in [2.24, 2.45) is 0 Å². The predicted octanol–water partition coefficient (Wildman–Crippen LogP) is 4.35. The van der Waals surface area contributed by atoms with Gasteiger partial charge in [-0.2, -0.15) is 0 Å². The maximum atomic E-state index is 12.7. The zero-order chi connectivity index (χ0) is 20.4. The number of benzene rings is 2. The van der Waals surface area contributed by atoms with E-state index in [2.05, 4.69) is 39.8 Å². The van der Waals surface area contributed by atoms with Gasteiger partial charge in [0.15, 0.2) is 5.69 Å². The van der Waals surface area contributed by atoms with E-state index in [0.717, 1.165) is 23.2 Å². The standard InChI is InChI=1S/C22H21N5O2/c1-4-16-8-10-17(11-9-16)19-13-20(29-25-19)23-22(28)21-15(3)27(26-24-21)18-7-5-6-14(2)12-18/h5-13H,4H2,1-3H3,(H,23,28). The van der Waals surface area contributed by atoms with E-state index in [1.54, 1.807) is 17.7 Å². The van der Waals surface area contributed by atoms with Crippen LogP contribution < -0.4 is 5.32 Å². The summed E-state index contributed by atoms with van der Waals surface area (Å²) in [7, 11) is 0. The summed E-state index contributed by atoms with van der Waals surface area (Å²) in [5, 5.41) is 14.9. The van der Waals surface area contributed by atoms with Gasteiger partial charge in [0.25, 0.3) is 5.91 Å². The molecule has 29 heavy (non-hydrogen) atoms. The summed E-state index contributed by atoms with van der Waals surface area (Å²) in [6.07, 6.45) is 0.975. The average molecular weight is 387 g/mol. The van der Waals surface area contributed by atoms with Crippen LogP contribution in [0.25, 0.3) is 16.9 Å². The maximum absolute atomic E-state index is 12.7. The molecule has 7 nitrogen and oxygen atoms in total. The molecule has 0 aliphatic heterocycles. The Bertz CT molecular complexity index is 1160. The summed E-state index contributed by atoms with van der Waals surface area (Å²) in [5.74, 6) is -0.139. The fourth-order valence-corrected chi connectivity index (χ4v) is 3.10. The van der Waals surface area contributed by atoms with Crippen molar-refractivity contribution in [3.63, 3.8) is 0 Å². The Kier molecular flexibility index (Phi) is 4.95. The fraction of sp³-hybridized carbons (Fsp3) is 0.182. The lowest BCUT2D eigenvalue weighted by atomic mass is 10.1. The highest BCUT2D eigenvalue weighted by molar-refractivity contribution is 6.03. The third-order valence-corrected chi connectivity index (χ3v) is 4.76. The van der Waals surface area contributed by atoms with Crippen LogP contribution in [0.15, 0.2) is 59.1 Å². The zero-order valence-electron chi connectivity index (χ0n) is 16.5. The molecule has 0 aliphatic rings. The Morgan fingerprint density at radius 3 is 2.62 bits per heavy atom. The van der Waals surface area contributed by atoms with E-state index >= 15 is 0 Å². The van der Waals surface area contributed by atoms with E-state index in [9.17, 15) is 4.79 Å². The number of nitrogens with zero attached hydrogens (tertiary/aromatic N) is 4. The minimum absolute atomic E-state index is 0.233. The normalized spacial score (nSPS) is 10.9. The first kappa shape index (κ1) is 18.6. The third kappa shape index (κ3) is 3.80. The first-order valence-corrected chi connectivity index (χ1v) is 9.42. The molecule has 2 heterocycles. The number of aryl methyl sites for hydroxylation is 2. The number of hydrogen-bond acceptors (Lipinski definition) is 5. The van der Waals surface area contributed by atoms with Gasteiger partial charge in [-0.25, -0.2) is 4.68 Å². The number of carbonyl (C=O) groups excluding carboxylic acids is 1. The SMILES string of the molecule is CCc1ccc(-c2cc(NC(=O)c3nnn(-c4cccc(C)c4)c3C)on2)cc1. The fourth-order valence-electron chi connectivity index (χ4n) is 3.10. The van der Waals surface area contributed by atoms with Crippen molar-refractivity contribution in [1.29, 1.82) is 0 Å². The second-order valence-corrected chi connectivity index (χ2v) is 6.86. The van der Waals surface area contributed by atoms with Crippen molar-refractivity contribution < 1.29 is 9.32 Å². The molecule has 4 aromatic rings. The minimum atomic E-state index is -0.398. The summed E-state index contributed by atoms with van der Waals surface area (Å²) in [6.45, 7) is 5.91. The molecule has 4 rings (SSSR count). The van der Waals surface area contributed by atoms with Gasteiger partial charge in [0.05, 0.1) is 11.4 Å². The van der Waals surface area contributed by atoms with Crippen LogP contribution in [0.5, 0.6) is 0 Å². The Morgan fingerprint density at radius 1 is 1.10 bits per heavy atom. The molecule has 1 N–H and O–H groups in total. The highest BCUT2D eigenvalue weighted by Gasteiger charge is 2.19. The largest absolute Gasteiger partial charge is 0.338 e. The first-order chi connectivity index (χ1) is 14.0. The lowest BCUT2D eigenvalue weighted by Crippen LogP contribution is -2.13. The molecule has 0 saturated carbocycles. The molecule has 0 atom stereocenters. The Hall–Kier alpha value is -3.74. The molecular formula is C22H21N5O2. The Labute approximate surface area is 168 Å². The molecule has 0 spiro atoms. The van der Waals surface area contributed by atoms with Gasteiger partial charge in [-0.1, -0.05) is 53.7 Å². The van der Waals surface area contributed by atoms with E-state index in [1.165, 1.54) is 5.56 Å². The predicted molar refractivity (Wildman–Crippen MR) is 110 cm³/mol. The van der Waals surface area contributed by atoms with Crippen molar-refractivity contribution in [3.05, 3.63) is 77.1 Å². The molecule has 0 unspecified atom stereocenters. The monoisotopic (exact) mass is 387 g/mol. The lowest BCUT2D eigenvalue weighted by molar-refractivity contribution is 0.101. The van der Waals surface area contributed by atoms with Gasteiger partial charge in [-0.05, 0) is 43.5 Å². The van der Waals surface area contributed by atoms with Gasteiger partial charge in [-0.15, -0.1) is 5.10 Å². The quantitative estimate of drug-likeness (QED) is 0.550. The van der Waals surface area contributed by atoms with Gasteiger partial charge in [0, 0.05) is 11.6 Å². The average Bonchev–Trinajstić information content (AvgIpc) is 3.34. The molecule has 0 aliphatic carbocycles. The molecule has 2 aromatic heterocycles.